The van der Waals surface area contributed by atoms with Gasteiger partial charge in [0.25, 0.3) is 0 Å². The van der Waals surface area contributed by atoms with E-state index in [-0.39, 0.29) is 11.9 Å². The molecular formula is C12H18N2O2. The lowest BCUT2D eigenvalue weighted by molar-refractivity contribution is -0.120. The summed E-state index contributed by atoms with van der Waals surface area (Å²) in [6.45, 7) is 2.33. The molecule has 88 valence electrons. The van der Waals surface area contributed by atoms with Gasteiger partial charge in [-0.25, -0.2) is 0 Å². The fourth-order valence-corrected chi connectivity index (χ4v) is 1.35. The minimum Gasteiger partial charge on any atom is -0.497 e. The molecule has 1 aromatic rings. The lowest BCUT2D eigenvalue weighted by atomic mass is 10.1. The average molecular weight is 222 g/mol. The van der Waals surface area contributed by atoms with Gasteiger partial charge in [-0.15, -0.1) is 0 Å². The van der Waals surface area contributed by atoms with Crippen molar-refractivity contribution < 1.29 is 9.53 Å². The van der Waals surface area contributed by atoms with Crippen LogP contribution in [-0.4, -0.2) is 25.6 Å². The molecule has 4 heteroatoms. The third kappa shape index (κ3) is 3.90. The van der Waals surface area contributed by atoms with E-state index in [1.165, 1.54) is 0 Å². The first kappa shape index (κ1) is 12.5. The number of benzene rings is 1. The maximum Gasteiger partial charge on any atom is 0.224 e. The number of hydrogen-bond donors (Lipinski definition) is 2. The van der Waals surface area contributed by atoms with Gasteiger partial charge in [0.1, 0.15) is 5.75 Å². The van der Waals surface area contributed by atoms with E-state index >= 15 is 0 Å². The van der Waals surface area contributed by atoms with Crippen LogP contribution in [0.1, 0.15) is 12.5 Å². The largest absolute Gasteiger partial charge is 0.497 e. The Kier molecular flexibility index (Phi) is 4.79. The minimum absolute atomic E-state index is 0.0121. The highest BCUT2D eigenvalue weighted by Gasteiger charge is 2.07. The molecule has 1 rings (SSSR count). The smallest absolute Gasteiger partial charge is 0.224 e. The molecule has 0 aliphatic carbocycles. The highest BCUT2D eigenvalue weighted by molar-refractivity contribution is 5.78. The van der Waals surface area contributed by atoms with Crippen molar-refractivity contribution in [2.75, 3.05) is 13.7 Å². The van der Waals surface area contributed by atoms with Gasteiger partial charge in [-0.05, 0) is 24.6 Å². The van der Waals surface area contributed by atoms with E-state index in [1.807, 2.05) is 31.2 Å². The van der Waals surface area contributed by atoms with E-state index in [4.69, 9.17) is 10.5 Å². The highest BCUT2D eigenvalue weighted by atomic mass is 16.5. The lowest BCUT2D eigenvalue weighted by Crippen LogP contribution is -2.38. The summed E-state index contributed by atoms with van der Waals surface area (Å²) in [7, 11) is 1.61. The van der Waals surface area contributed by atoms with Crippen LogP contribution in [0.25, 0.3) is 0 Å². The molecule has 1 atom stereocenters. The van der Waals surface area contributed by atoms with E-state index in [9.17, 15) is 4.79 Å². The van der Waals surface area contributed by atoms with Crippen LogP contribution in [-0.2, 0) is 11.2 Å². The Morgan fingerprint density at radius 2 is 2.31 bits per heavy atom. The summed E-state index contributed by atoms with van der Waals surface area (Å²) in [5.74, 6) is 0.739. The van der Waals surface area contributed by atoms with Crippen LogP contribution < -0.4 is 15.8 Å². The number of amides is 1. The van der Waals surface area contributed by atoms with Crippen LogP contribution >= 0.6 is 0 Å². The molecule has 0 spiro atoms. The van der Waals surface area contributed by atoms with E-state index in [0.717, 1.165) is 11.3 Å². The zero-order valence-electron chi connectivity index (χ0n) is 9.69. The van der Waals surface area contributed by atoms with Gasteiger partial charge < -0.3 is 15.8 Å². The Bertz CT molecular complexity index is 353. The second kappa shape index (κ2) is 6.12. The zero-order chi connectivity index (χ0) is 12.0. The first-order valence-corrected chi connectivity index (χ1v) is 5.28. The van der Waals surface area contributed by atoms with Gasteiger partial charge in [-0.3, -0.25) is 4.79 Å². The van der Waals surface area contributed by atoms with Crippen LogP contribution in [0.3, 0.4) is 0 Å². The fraction of sp³-hybridized carbons (Fsp3) is 0.417. The van der Waals surface area contributed by atoms with Gasteiger partial charge in [-0.1, -0.05) is 12.1 Å². The van der Waals surface area contributed by atoms with Crippen molar-refractivity contribution in [2.45, 2.75) is 19.4 Å². The molecule has 0 heterocycles. The number of nitrogens with one attached hydrogen (secondary N) is 1. The molecule has 1 unspecified atom stereocenters. The van der Waals surface area contributed by atoms with Crippen molar-refractivity contribution in [3.63, 3.8) is 0 Å². The Labute approximate surface area is 95.8 Å². The monoisotopic (exact) mass is 222 g/mol. The Morgan fingerprint density at radius 3 is 2.94 bits per heavy atom. The number of carbonyl (C=O) groups excluding carboxylic acids is 1. The second-order valence-corrected chi connectivity index (χ2v) is 3.73. The maximum absolute atomic E-state index is 11.6. The van der Waals surface area contributed by atoms with Gasteiger partial charge in [-0.2, -0.15) is 0 Å². The molecule has 4 nitrogen and oxygen atoms in total. The Hall–Kier alpha value is -1.55. The third-order valence-electron chi connectivity index (χ3n) is 2.26. The molecule has 0 fully saturated rings. The van der Waals surface area contributed by atoms with Crippen molar-refractivity contribution in [1.29, 1.82) is 0 Å². The molecule has 3 N–H and O–H groups in total. The summed E-state index contributed by atoms with van der Waals surface area (Å²) in [5, 5.41) is 2.81. The predicted octanol–water partition coefficient (Wildman–Crippen LogP) is 0.701. The molecule has 16 heavy (non-hydrogen) atoms. The van der Waals surface area contributed by atoms with Crippen LogP contribution in [0, 0.1) is 0 Å². The molecular weight excluding hydrogens is 204 g/mol. The van der Waals surface area contributed by atoms with Gasteiger partial charge in [0, 0.05) is 12.6 Å². The van der Waals surface area contributed by atoms with E-state index in [0.29, 0.717) is 13.0 Å². The van der Waals surface area contributed by atoms with Gasteiger partial charge in [0.05, 0.1) is 13.5 Å². The van der Waals surface area contributed by atoms with E-state index in [1.54, 1.807) is 7.11 Å². The number of nitrogens with two attached hydrogens (primary N) is 1. The summed E-state index contributed by atoms with van der Waals surface area (Å²) < 4.78 is 5.09. The van der Waals surface area contributed by atoms with Crippen molar-refractivity contribution in [3.8, 4) is 5.75 Å². The molecule has 0 saturated heterocycles. The van der Waals surface area contributed by atoms with E-state index < -0.39 is 0 Å². The molecule has 1 amide bonds. The van der Waals surface area contributed by atoms with Gasteiger partial charge in [0.2, 0.25) is 5.91 Å². The molecule has 0 bridgehead atoms. The van der Waals surface area contributed by atoms with Crippen molar-refractivity contribution in [2.24, 2.45) is 5.73 Å². The number of carbonyl (C=O) groups is 1. The molecule has 0 radical (unpaired) electrons. The average Bonchev–Trinajstić information content (AvgIpc) is 2.28. The van der Waals surface area contributed by atoms with Crippen LogP contribution in [0.5, 0.6) is 5.75 Å². The molecule has 0 saturated carbocycles. The minimum atomic E-state index is -0.0220. The normalized spacial score (nSPS) is 11.9. The van der Waals surface area contributed by atoms with Crippen molar-refractivity contribution in [1.82, 2.24) is 5.32 Å². The van der Waals surface area contributed by atoms with Crippen molar-refractivity contribution in [3.05, 3.63) is 29.8 Å². The molecule has 1 aromatic carbocycles. The summed E-state index contributed by atoms with van der Waals surface area (Å²) in [5.41, 5.74) is 6.36. The fourth-order valence-electron chi connectivity index (χ4n) is 1.35. The van der Waals surface area contributed by atoms with Crippen molar-refractivity contribution >= 4 is 5.91 Å². The van der Waals surface area contributed by atoms with Crippen LogP contribution in [0.2, 0.25) is 0 Å². The number of methoxy groups -OCH3 is 1. The van der Waals surface area contributed by atoms with Crippen LogP contribution in [0.15, 0.2) is 24.3 Å². The highest BCUT2D eigenvalue weighted by Crippen LogP contribution is 2.12. The van der Waals surface area contributed by atoms with E-state index in [2.05, 4.69) is 5.32 Å². The second-order valence-electron chi connectivity index (χ2n) is 3.73. The standard InChI is InChI=1S/C12H18N2O2/c1-9(8-13)14-12(15)7-10-4-3-5-11(6-10)16-2/h3-6,9H,7-8,13H2,1-2H3,(H,14,15). The zero-order valence-corrected chi connectivity index (χ0v) is 9.69. The summed E-state index contributed by atoms with van der Waals surface area (Å²) >= 11 is 0. The SMILES string of the molecule is COc1cccc(CC(=O)NC(C)CN)c1. The number of rotatable bonds is 5. The molecule has 0 aliphatic rings. The predicted molar refractivity (Wildman–Crippen MR) is 63.4 cm³/mol. The first-order valence-electron chi connectivity index (χ1n) is 5.28. The summed E-state index contributed by atoms with van der Waals surface area (Å²) in [4.78, 5) is 11.6. The summed E-state index contributed by atoms with van der Waals surface area (Å²) in [6.07, 6.45) is 0.349. The number of ether oxygens (including phenoxy) is 1. The molecule has 0 aromatic heterocycles. The topological polar surface area (TPSA) is 64.3 Å². The Balaban J connectivity index is 2.55. The maximum atomic E-state index is 11.6. The van der Waals surface area contributed by atoms with Gasteiger partial charge in [0.15, 0.2) is 0 Å². The summed E-state index contributed by atoms with van der Waals surface area (Å²) in [6, 6.07) is 7.48. The van der Waals surface area contributed by atoms with Gasteiger partial charge >= 0.3 is 0 Å². The lowest BCUT2D eigenvalue weighted by Gasteiger charge is -2.11. The van der Waals surface area contributed by atoms with Crippen LogP contribution in [0.4, 0.5) is 0 Å². The Morgan fingerprint density at radius 1 is 1.56 bits per heavy atom. The quantitative estimate of drug-likeness (QED) is 0.771. The number of hydrogen-bond acceptors (Lipinski definition) is 3. The first-order chi connectivity index (χ1) is 7.65. The third-order valence-corrected chi connectivity index (χ3v) is 2.26. The molecule has 0 aliphatic heterocycles.